The zero-order valence-corrected chi connectivity index (χ0v) is 10.4. The van der Waals surface area contributed by atoms with Gasteiger partial charge in [0, 0.05) is 32.9 Å². The van der Waals surface area contributed by atoms with Crippen LogP contribution in [0.5, 0.6) is 0 Å². The Morgan fingerprint density at radius 2 is 2.39 bits per heavy atom. The molecule has 0 aliphatic carbocycles. The van der Waals surface area contributed by atoms with Gasteiger partial charge in [0.25, 0.3) is 5.91 Å². The summed E-state index contributed by atoms with van der Waals surface area (Å²) in [4.78, 5) is 15.0. The number of halogens is 1. The zero-order valence-electron chi connectivity index (χ0n) is 10.4. The Morgan fingerprint density at radius 1 is 1.67 bits per heavy atom. The van der Waals surface area contributed by atoms with E-state index in [1.165, 1.54) is 25.4 Å². The molecule has 0 saturated carbocycles. The lowest BCUT2D eigenvalue weighted by Crippen LogP contribution is -2.41. The van der Waals surface area contributed by atoms with Crippen LogP contribution in [0.25, 0.3) is 0 Å². The van der Waals surface area contributed by atoms with Crippen molar-refractivity contribution in [3.63, 3.8) is 0 Å². The number of carbonyl (C=O) groups excluding carboxylic acids is 1. The summed E-state index contributed by atoms with van der Waals surface area (Å²) in [6, 6.07) is 2.81. The van der Waals surface area contributed by atoms with Crippen LogP contribution in [0.1, 0.15) is 23.7 Å². The number of aliphatic hydroxyl groups is 1. The summed E-state index contributed by atoms with van der Waals surface area (Å²) < 4.78 is 18.1. The van der Waals surface area contributed by atoms with Crippen LogP contribution in [0.4, 0.5) is 4.39 Å². The van der Waals surface area contributed by atoms with E-state index in [2.05, 4.69) is 10.3 Å². The molecule has 18 heavy (non-hydrogen) atoms. The molecule has 1 aromatic heterocycles. The molecule has 6 heteroatoms. The fourth-order valence-corrected chi connectivity index (χ4v) is 1.33. The van der Waals surface area contributed by atoms with E-state index in [9.17, 15) is 14.3 Å². The molecule has 2 N–H and O–H groups in total. The molecule has 5 nitrogen and oxygen atoms in total. The number of ether oxygens (including phenoxy) is 1. The minimum absolute atomic E-state index is 0.0174. The normalized spacial score (nSPS) is 14.0. The number of nitrogens with zero attached hydrogens (tertiary/aromatic N) is 1. The molecular formula is C12H17FN2O3. The minimum atomic E-state index is -1.09. The lowest BCUT2D eigenvalue weighted by molar-refractivity contribution is 0.0243. The van der Waals surface area contributed by atoms with Gasteiger partial charge >= 0.3 is 0 Å². The zero-order chi connectivity index (χ0) is 13.6. The highest BCUT2D eigenvalue weighted by molar-refractivity contribution is 5.94. The molecule has 0 bridgehead atoms. The first kappa shape index (κ1) is 14.5. The maximum atomic E-state index is 13.2. The Balaban J connectivity index is 2.54. The quantitative estimate of drug-likeness (QED) is 0.736. The molecule has 1 rings (SSSR count). The van der Waals surface area contributed by atoms with Crippen molar-refractivity contribution >= 4 is 5.91 Å². The summed E-state index contributed by atoms with van der Waals surface area (Å²) in [7, 11) is 1.53. The van der Waals surface area contributed by atoms with Crippen molar-refractivity contribution in [1.29, 1.82) is 0 Å². The van der Waals surface area contributed by atoms with E-state index >= 15 is 0 Å². The summed E-state index contributed by atoms with van der Waals surface area (Å²) in [6.45, 7) is 1.97. The molecular weight excluding hydrogens is 239 g/mol. The second-order valence-corrected chi connectivity index (χ2v) is 4.26. The summed E-state index contributed by atoms with van der Waals surface area (Å²) in [5, 5.41) is 12.4. The Morgan fingerprint density at radius 3 is 3.00 bits per heavy atom. The van der Waals surface area contributed by atoms with Crippen LogP contribution < -0.4 is 5.32 Å². The van der Waals surface area contributed by atoms with Crippen LogP contribution in [-0.4, -0.2) is 41.9 Å². The van der Waals surface area contributed by atoms with Gasteiger partial charge in [0.1, 0.15) is 0 Å². The first-order valence-electron chi connectivity index (χ1n) is 5.56. The second kappa shape index (κ2) is 6.42. The van der Waals surface area contributed by atoms with Crippen LogP contribution >= 0.6 is 0 Å². The fraction of sp³-hybridized carbons (Fsp3) is 0.500. The molecule has 0 radical (unpaired) electrons. The predicted molar refractivity (Wildman–Crippen MR) is 63.6 cm³/mol. The van der Waals surface area contributed by atoms with Crippen molar-refractivity contribution in [3.05, 3.63) is 29.8 Å². The highest BCUT2D eigenvalue weighted by Gasteiger charge is 2.22. The van der Waals surface area contributed by atoms with Gasteiger partial charge in [0.15, 0.2) is 0 Å². The number of pyridine rings is 1. The van der Waals surface area contributed by atoms with Gasteiger partial charge in [-0.3, -0.25) is 4.79 Å². The minimum Gasteiger partial charge on any atom is -0.388 e. The summed E-state index contributed by atoms with van der Waals surface area (Å²) in [5.41, 5.74) is -1.23. The molecule has 0 aliphatic heterocycles. The highest BCUT2D eigenvalue weighted by atomic mass is 19.1. The van der Waals surface area contributed by atoms with Crippen molar-refractivity contribution in [1.82, 2.24) is 10.3 Å². The number of carbonyl (C=O) groups is 1. The number of aromatic nitrogens is 1. The third-order valence-electron chi connectivity index (χ3n) is 2.48. The standard InChI is InChI=1S/C12H17FN2O3/c1-12(17,5-7-18-2)8-15-11(16)9-4-3-6-14-10(9)13/h3-4,6,17H,5,7-8H2,1-2H3,(H,15,16). The maximum Gasteiger partial charge on any atom is 0.256 e. The smallest absolute Gasteiger partial charge is 0.256 e. The van der Waals surface area contributed by atoms with Crippen LogP contribution in [0.15, 0.2) is 18.3 Å². The second-order valence-electron chi connectivity index (χ2n) is 4.26. The number of hydrogen-bond donors (Lipinski definition) is 2. The van der Waals surface area contributed by atoms with Crippen LogP contribution in [0.2, 0.25) is 0 Å². The SMILES string of the molecule is COCCC(C)(O)CNC(=O)c1cccnc1F. The molecule has 0 aromatic carbocycles. The molecule has 0 saturated heterocycles. The molecule has 1 unspecified atom stereocenters. The van der Waals surface area contributed by atoms with E-state index in [1.54, 1.807) is 6.92 Å². The Hall–Kier alpha value is -1.53. The molecule has 0 aliphatic rings. The third kappa shape index (κ3) is 4.38. The molecule has 1 amide bonds. The largest absolute Gasteiger partial charge is 0.388 e. The van der Waals surface area contributed by atoms with E-state index in [0.717, 1.165) is 0 Å². The summed E-state index contributed by atoms with van der Waals surface area (Å²) in [6.07, 6.45) is 1.64. The van der Waals surface area contributed by atoms with Gasteiger partial charge in [-0.05, 0) is 19.1 Å². The van der Waals surface area contributed by atoms with Crippen LogP contribution in [0, 0.1) is 5.95 Å². The highest BCUT2D eigenvalue weighted by Crippen LogP contribution is 2.09. The number of rotatable bonds is 6. The van der Waals surface area contributed by atoms with Gasteiger partial charge in [-0.1, -0.05) is 0 Å². The van der Waals surface area contributed by atoms with E-state index < -0.39 is 17.5 Å². The summed E-state index contributed by atoms with van der Waals surface area (Å²) >= 11 is 0. The van der Waals surface area contributed by atoms with Crippen molar-refractivity contribution in [2.75, 3.05) is 20.3 Å². The average Bonchev–Trinajstić information content (AvgIpc) is 2.34. The molecule has 100 valence electrons. The van der Waals surface area contributed by atoms with Gasteiger partial charge in [-0.2, -0.15) is 4.39 Å². The number of nitrogens with one attached hydrogen (secondary N) is 1. The first-order chi connectivity index (χ1) is 8.46. The first-order valence-corrected chi connectivity index (χ1v) is 5.56. The molecule has 0 spiro atoms. The van der Waals surface area contributed by atoms with Crippen molar-refractivity contribution in [3.8, 4) is 0 Å². The van der Waals surface area contributed by atoms with E-state index in [0.29, 0.717) is 13.0 Å². The molecule has 1 atom stereocenters. The number of methoxy groups -OCH3 is 1. The van der Waals surface area contributed by atoms with Crippen LogP contribution in [0.3, 0.4) is 0 Å². The fourth-order valence-electron chi connectivity index (χ4n) is 1.33. The average molecular weight is 256 g/mol. The van der Waals surface area contributed by atoms with Crippen LogP contribution in [-0.2, 0) is 4.74 Å². The topological polar surface area (TPSA) is 71.5 Å². The lowest BCUT2D eigenvalue weighted by Gasteiger charge is -2.23. The van der Waals surface area contributed by atoms with Gasteiger partial charge < -0.3 is 15.2 Å². The maximum absolute atomic E-state index is 13.2. The van der Waals surface area contributed by atoms with Gasteiger partial charge in [-0.25, -0.2) is 4.98 Å². The van der Waals surface area contributed by atoms with Gasteiger partial charge in [0.2, 0.25) is 5.95 Å². The van der Waals surface area contributed by atoms with Crippen molar-refractivity contribution < 1.29 is 19.0 Å². The molecule has 0 fully saturated rings. The molecule has 1 aromatic rings. The predicted octanol–water partition coefficient (Wildman–Crippen LogP) is 0.738. The number of amides is 1. The van der Waals surface area contributed by atoms with E-state index in [4.69, 9.17) is 4.74 Å². The monoisotopic (exact) mass is 256 g/mol. The van der Waals surface area contributed by atoms with Crippen molar-refractivity contribution in [2.24, 2.45) is 0 Å². The Kier molecular flexibility index (Phi) is 5.18. The number of hydrogen-bond acceptors (Lipinski definition) is 4. The Bertz CT molecular complexity index is 410. The van der Waals surface area contributed by atoms with E-state index in [-0.39, 0.29) is 12.1 Å². The lowest BCUT2D eigenvalue weighted by atomic mass is 10.0. The van der Waals surface area contributed by atoms with E-state index in [1.807, 2.05) is 0 Å². The van der Waals surface area contributed by atoms with Gasteiger partial charge in [-0.15, -0.1) is 0 Å². The van der Waals surface area contributed by atoms with Gasteiger partial charge in [0.05, 0.1) is 11.2 Å². The van der Waals surface area contributed by atoms with Crippen molar-refractivity contribution in [2.45, 2.75) is 18.9 Å². The summed E-state index contributed by atoms with van der Waals surface area (Å²) in [5.74, 6) is -1.43. The third-order valence-corrected chi connectivity index (χ3v) is 2.48. The molecule has 1 heterocycles. The Labute approximate surface area is 105 Å².